The van der Waals surface area contributed by atoms with Crippen molar-refractivity contribution in [1.82, 2.24) is 10.6 Å². The highest BCUT2D eigenvalue weighted by atomic mass is 16.4. The smallest absolute Gasteiger partial charge is 0.357 e. The summed E-state index contributed by atoms with van der Waals surface area (Å²) in [7, 11) is 0. The molecule has 1 rings (SSSR count). The normalized spacial score (nSPS) is 16.4. The van der Waals surface area contributed by atoms with Gasteiger partial charge in [-0.1, -0.05) is 13.8 Å². The molecule has 0 amide bonds. The van der Waals surface area contributed by atoms with Crippen molar-refractivity contribution in [3.8, 4) is 0 Å². The van der Waals surface area contributed by atoms with Gasteiger partial charge in [-0.25, -0.2) is 4.79 Å². The minimum atomic E-state index is -1.19. The molecule has 5 heteroatoms. The minimum Gasteiger partial charge on any atom is -0.493 e. The van der Waals surface area contributed by atoms with Gasteiger partial charge in [-0.2, -0.15) is 0 Å². The molecule has 0 spiro atoms. The third-order valence-electron chi connectivity index (χ3n) is 1.71. The summed E-state index contributed by atoms with van der Waals surface area (Å²) >= 11 is 0. The molecule has 13 heavy (non-hydrogen) atoms. The zero-order valence-corrected chi connectivity index (χ0v) is 7.46. The van der Waals surface area contributed by atoms with Crippen LogP contribution in [0.15, 0.2) is 23.5 Å². The van der Waals surface area contributed by atoms with Crippen molar-refractivity contribution in [3.63, 3.8) is 0 Å². The summed E-state index contributed by atoms with van der Waals surface area (Å²) < 4.78 is 0. The number of aliphatic carboxylic acids is 1. The van der Waals surface area contributed by atoms with Crippen molar-refractivity contribution >= 4 is 5.97 Å². The summed E-state index contributed by atoms with van der Waals surface area (Å²) in [6.45, 7) is 3.86. The second-order valence-corrected chi connectivity index (χ2v) is 3.05. The fourth-order valence-corrected chi connectivity index (χ4v) is 0.928. The van der Waals surface area contributed by atoms with Gasteiger partial charge < -0.3 is 20.8 Å². The largest absolute Gasteiger partial charge is 0.493 e. The number of hydrogen-bond acceptors (Lipinski definition) is 4. The number of aliphatic hydroxyl groups is 1. The maximum absolute atomic E-state index is 10.5. The van der Waals surface area contributed by atoms with Gasteiger partial charge in [0, 0.05) is 11.9 Å². The van der Waals surface area contributed by atoms with E-state index in [1.54, 1.807) is 0 Å². The van der Waals surface area contributed by atoms with Crippen LogP contribution in [0.4, 0.5) is 0 Å². The zero-order valence-electron chi connectivity index (χ0n) is 7.46. The van der Waals surface area contributed by atoms with Gasteiger partial charge >= 0.3 is 5.97 Å². The first-order valence-corrected chi connectivity index (χ1v) is 3.92. The third-order valence-corrected chi connectivity index (χ3v) is 1.71. The van der Waals surface area contributed by atoms with E-state index in [4.69, 9.17) is 5.11 Å². The molecule has 0 aromatic heterocycles. The third kappa shape index (κ3) is 1.93. The highest BCUT2D eigenvalue weighted by Crippen LogP contribution is 2.12. The van der Waals surface area contributed by atoms with E-state index in [1.807, 2.05) is 13.8 Å². The summed E-state index contributed by atoms with van der Waals surface area (Å²) in [5, 5.41) is 22.9. The minimum absolute atomic E-state index is 0.199. The summed E-state index contributed by atoms with van der Waals surface area (Å²) in [6, 6.07) is 0. The van der Waals surface area contributed by atoms with E-state index in [-0.39, 0.29) is 17.5 Å². The number of hydrogen-bond donors (Lipinski definition) is 4. The van der Waals surface area contributed by atoms with Crippen LogP contribution in [-0.2, 0) is 4.79 Å². The molecular weight excluding hydrogens is 172 g/mol. The first kappa shape index (κ1) is 9.44. The average Bonchev–Trinajstić information content (AvgIpc) is 2.03. The Hall–Kier alpha value is -1.65. The number of carboxylic acids is 1. The molecule has 0 radical (unpaired) electrons. The number of carboxylic acid groups (broad SMARTS) is 1. The Bertz CT molecular complexity index is 292. The molecule has 1 aliphatic heterocycles. The maximum Gasteiger partial charge on any atom is 0.357 e. The molecule has 0 bridgehead atoms. The Kier molecular flexibility index (Phi) is 2.46. The molecule has 0 saturated heterocycles. The molecule has 1 heterocycles. The Morgan fingerprint density at radius 3 is 2.54 bits per heavy atom. The summed E-state index contributed by atoms with van der Waals surface area (Å²) in [4.78, 5) is 10.5. The van der Waals surface area contributed by atoms with Crippen LogP contribution >= 0.6 is 0 Å². The van der Waals surface area contributed by atoms with Gasteiger partial charge in [0.2, 0.25) is 5.88 Å². The van der Waals surface area contributed by atoms with Gasteiger partial charge in [-0.15, -0.1) is 0 Å². The Labute approximate surface area is 75.8 Å². The van der Waals surface area contributed by atoms with Gasteiger partial charge in [-0.05, 0) is 5.92 Å². The van der Waals surface area contributed by atoms with Crippen LogP contribution in [0.2, 0.25) is 0 Å². The van der Waals surface area contributed by atoms with Crippen LogP contribution in [0.25, 0.3) is 0 Å². The van der Waals surface area contributed by atoms with Crippen molar-refractivity contribution in [2.45, 2.75) is 13.8 Å². The number of carbonyl (C=O) groups is 1. The van der Waals surface area contributed by atoms with Gasteiger partial charge in [-0.3, -0.25) is 0 Å². The van der Waals surface area contributed by atoms with E-state index >= 15 is 0 Å². The molecule has 0 saturated carbocycles. The van der Waals surface area contributed by atoms with Gasteiger partial charge in [0.15, 0.2) is 5.70 Å². The van der Waals surface area contributed by atoms with E-state index in [2.05, 4.69) is 10.6 Å². The second kappa shape index (κ2) is 3.38. The van der Waals surface area contributed by atoms with Crippen molar-refractivity contribution in [1.29, 1.82) is 0 Å². The fraction of sp³-hybridized carbons (Fsp3) is 0.375. The lowest BCUT2D eigenvalue weighted by atomic mass is 10.1. The lowest BCUT2D eigenvalue weighted by Gasteiger charge is -2.20. The number of rotatable bonds is 2. The Balaban J connectivity index is 2.79. The second-order valence-electron chi connectivity index (χ2n) is 3.05. The lowest BCUT2D eigenvalue weighted by molar-refractivity contribution is -0.133. The van der Waals surface area contributed by atoms with E-state index < -0.39 is 5.97 Å². The molecule has 0 aliphatic carbocycles. The van der Waals surface area contributed by atoms with Gasteiger partial charge in [0.05, 0.1) is 0 Å². The zero-order chi connectivity index (χ0) is 10.0. The molecule has 0 aromatic rings. The predicted molar refractivity (Wildman–Crippen MR) is 46.5 cm³/mol. The summed E-state index contributed by atoms with van der Waals surface area (Å²) in [6.07, 6.45) is 1.54. The molecule has 0 unspecified atom stereocenters. The molecule has 5 nitrogen and oxygen atoms in total. The van der Waals surface area contributed by atoms with E-state index in [1.165, 1.54) is 6.20 Å². The van der Waals surface area contributed by atoms with E-state index in [9.17, 15) is 9.90 Å². The topological polar surface area (TPSA) is 81.6 Å². The molecular formula is C8H12N2O3. The molecule has 0 aromatic carbocycles. The van der Waals surface area contributed by atoms with Crippen LogP contribution in [-0.4, -0.2) is 16.2 Å². The Morgan fingerprint density at radius 2 is 2.15 bits per heavy atom. The average molecular weight is 184 g/mol. The molecule has 0 fully saturated rings. The van der Waals surface area contributed by atoms with Gasteiger partial charge in [0.1, 0.15) is 0 Å². The SMILES string of the molecule is CC(C)C1=CNC(C(=O)O)=C(O)N1. The van der Waals surface area contributed by atoms with Crippen LogP contribution in [0, 0.1) is 5.92 Å². The number of aliphatic hydroxyl groups excluding tert-OH is 1. The van der Waals surface area contributed by atoms with Crippen molar-refractivity contribution in [3.05, 3.63) is 23.5 Å². The standard InChI is InChI=1S/C8H12N2O3/c1-4(2)5-3-9-6(8(12)13)7(11)10-5/h3-4,9-11H,1-2H3,(H,12,13). The first-order valence-electron chi connectivity index (χ1n) is 3.92. The molecule has 72 valence electrons. The van der Waals surface area contributed by atoms with Crippen LogP contribution in [0.1, 0.15) is 13.8 Å². The predicted octanol–water partition coefficient (Wildman–Crippen LogP) is 0.488. The fourth-order valence-electron chi connectivity index (χ4n) is 0.928. The quantitative estimate of drug-likeness (QED) is 0.502. The summed E-state index contributed by atoms with van der Waals surface area (Å²) in [5.74, 6) is -1.34. The van der Waals surface area contributed by atoms with Crippen LogP contribution in [0.3, 0.4) is 0 Å². The Morgan fingerprint density at radius 1 is 1.54 bits per heavy atom. The highest BCUT2D eigenvalue weighted by molar-refractivity contribution is 5.86. The van der Waals surface area contributed by atoms with Crippen LogP contribution < -0.4 is 10.6 Å². The van der Waals surface area contributed by atoms with E-state index in [0.29, 0.717) is 0 Å². The lowest BCUT2D eigenvalue weighted by Crippen LogP contribution is -2.31. The maximum atomic E-state index is 10.5. The molecule has 0 atom stereocenters. The van der Waals surface area contributed by atoms with Gasteiger partial charge in [0.25, 0.3) is 0 Å². The summed E-state index contributed by atoms with van der Waals surface area (Å²) in [5.41, 5.74) is 0.520. The van der Waals surface area contributed by atoms with Crippen molar-refractivity contribution in [2.75, 3.05) is 0 Å². The van der Waals surface area contributed by atoms with Crippen molar-refractivity contribution in [2.24, 2.45) is 5.92 Å². The van der Waals surface area contributed by atoms with Crippen molar-refractivity contribution < 1.29 is 15.0 Å². The number of nitrogens with one attached hydrogen (secondary N) is 2. The molecule has 1 aliphatic rings. The highest BCUT2D eigenvalue weighted by Gasteiger charge is 2.19. The van der Waals surface area contributed by atoms with Crippen LogP contribution in [0.5, 0.6) is 0 Å². The number of allylic oxidation sites excluding steroid dienone is 1. The first-order chi connectivity index (χ1) is 6.02. The molecule has 4 N–H and O–H groups in total. The van der Waals surface area contributed by atoms with E-state index in [0.717, 1.165) is 5.70 Å². The monoisotopic (exact) mass is 184 g/mol.